The van der Waals surface area contributed by atoms with Gasteiger partial charge in [-0.25, -0.2) is 9.79 Å². The van der Waals surface area contributed by atoms with Crippen molar-refractivity contribution in [2.45, 2.75) is 47.2 Å². The predicted molar refractivity (Wildman–Crippen MR) is 176 cm³/mol. The number of benzene rings is 2. The average molecular weight is 697 g/mol. The summed E-state index contributed by atoms with van der Waals surface area (Å²) in [6.45, 7) is 9.96. The van der Waals surface area contributed by atoms with Gasteiger partial charge in [0.1, 0.15) is 6.54 Å². The molecule has 236 valence electrons. The summed E-state index contributed by atoms with van der Waals surface area (Å²) in [4.78, 5) is 45.3. The lowest BCUT2D eigenvalue weighted by atomic mass is 9.95. The molecular weight excluding hydrogens is 662 g/mol. The van der Waals surface area contributed by atoms with Gasteiger partial charge in [0.2, 0.25) is 0 Å². The number of allylic oxidation sites excluding steroid dienone is 1. The highest BCUT2D eigenvalue weighted by molar-refractivity contribution is 9.10. The Morgan fingerprint density at radius 2 is 1.78 bits per heavy atom. The SMILES string of the molecule is CCOC(=O)Cn1c(C)c(/C=c2/sc3n(c2=O)[C@H](c2cc(OC)c(OCC)cc2Br)C(C(=O)OCC)=C(C)N=3)c2ccccc21. The lowest BCUT2D eigenvalue weighted by Gasteiger charge is -2.26. The molecule has 0 amide bonds. The number of methoxy groups -OCH3 is 1. The van der Waals surface area contributed by atoms with Gasteiger partial charge in [-0.05, 0) is 64.5 Å². The molecule has 1 aliphatic heterocycles. The van der Waals surface area contributed by atoms with Gasteiger partial charge >= 0.3 is 11.9 Å². The monoisotopic (exact) mass is 695 g/mol. The number of esters is 2. The van der Waals surface area contributed by atoms with Crippen molar-refractivity contribution in [2.75, 3.05) is 26.9 Å². The summed E-state index contributed by atoms with van der Waals surface area (Å²) < 4.78 is 26.5. The molecule has 45 heavy (non-hydrogen) atoms. The third-order valence-corrected chi connectivity index (χ3v) is 9.21. The normalized spacial score (nSPS) is 14.7. The Balaban J connectivity index is 1.76. The number of carbonyl (C=O) groups excluding carboxylic acids is 2. The Hall–Kier alpha value is -4.16. The van der Waals surface area contributed by atoms with Crippen LogP contribution in [0, 0.1) is 6.92 Å². The number of para-hydroxylation sites is 1. The molecule has 0 unspecified atom stereocenters. The highest BCUT2D eigenvalue weighted by Crippen LogP contribution is 2.41. The van der Waals surface area contributed by atoms with Crippen LogP contribution >= 0.6 is 27.3 Å². The number of carbonyl (C=O) groups is 2. The lowest BCUT2D eigenvalue weighted by molar-refractivity contribution is -0.143. The molecule has 0 saturated carbocycles. The summed E-state index contributed by atoms with van der Waals surface area (Å²) in [7, 11) is 1.54. The van der Waals surface area contributed by atoms with Crippen LogP contribution in [-0.4, -0.2) is 48.0 Å². The van der Waals surface area contributed by atoms with Crippen molar-refractivity contribution in [2.24, 2.45) is 4.99 Å². The minimum atomic E-state index is -0.854. The Labute approximate surface area is 272 Å². The number of rotatable bonds is 10. The Kier molecular flexibility index (Phi) is 9.64. The van der Waals surface area contributed by atoms with E-state index >= 15 is 0 Å². The molecule has 0 saturated heterocycles. The molecule has 1 aliphatic rings. The zero-order valence-electron chi connectivity index (χ0n) is 25.9. The molecule has 0 radical (unpaired) electrons. The summed E-state index contributed by atoms with van der Waals surface area (Å²) in [5, 5.41) is 0.893. The van der Waals surface area contributed by atoms with Crippen LogP contribution < -0.4 is 24.4 Å². The van der Waals surface area contributed by atoms with Crippen molar-refractivity contribution in [3.8, 4) is 11.5 Å². The zero-order chi connectivity index (χ0) is 32.4. The van der Waals surface area contributed by atoms with Gasteiger partial charge in [-0.2, -0.15) is 0 Å². The van der Waals surface area contributed by atoms with E-state index in [1.807, 2.05) is 48.8 Å². The van der Waals surface area contributed by atoms with Crippen LogP contribution in [0.15, 0.2) is 61.9 Å². The third-order valence-electron chi connectivity index (χ3n) is 7.54. The van der Waals surface area contributed by atoms with Crippen LogP contribution in [0.2, 0.25) is 0 Å². The first kappa shape index (κ1) is 32.2. The van der Waals surface area contributed by atoms with Gasteiger partial charge in [-0.3, -0.25) is 14.2 Å². The molecule has 2 aromatic carbocycles. The van der Waals surface area contributed by atoms with Crippen molar-refractivity contribution in [3.63, 3.8) is 0 Å². The molecule has 0 fully saturated rings. The van der Waals surface area contributed by atoms with Crippen LogP contribution in [0.4, 0.5) is 0 Å². The maximum atomic E-state index is 14.3. The van der Waals surface area contributed by atoms with Crippen molar-refractivity contribution in [3.05, 3.63) is 88.6 Å². The Morgan fingerprint density at radius 1 is 1.04 bits per heavy atom. The number of hydrogen-bond acceptors (Lipinski definition) is 9. The highest BCUT2D eigenvalue weighted by Gasteiger charge is 2.35. The zero-order valence-corrected chi connectivity index (χ0v) is 28.3. The van der Waals surface area contributed by atoms with E-state index in [-0.39, 0.29) is 36.9 Å². The smallest absolute Gasteiger partial charge is 0.338 e. The van der Waals surface area contributed by atoms with E-state index < -0.39 is 12.0 Å². The van der Waals surface area contributed by atoms with Crippen molar-refractivity contribution in [1.29, 1.82) is 0 Å². The quantitative estimate of drug-likeness (QED) is 0.219. The van der Waals surface area contributed by atoms with E-state index in [1.165, 1.54) is 23.0 Å². The molecule has 12 heteroatoms. The van der Waals surface area contributed by atoms with Crippen LogP contribution in [0.1, 0.15) is 50.6 Å². The van der Waals surface area contributed by atoms with Crippen LogP contribution in [0.3, 0.4) is 0 Å². The first-order valence-corrected chi connectivity index (χ1v) is 16.2. The molecule has 0 aliphatic carbocycles. The fourth-order valence-corrected chi connectivity index (χ4v) is 7.15. The summed E-state index contributed by atoms with van der Waals surface area (Å²) in [6.07, 6.45) is 1.83. The standard InChI is InChI=1S/C33H34BrN3O7S/c1-7-42-26-16-23(34)22(14-25(26)41-6)30-29(32(40)44-9-3)18(4)35-33-37(30)31(39)27(45-33)15-21-19(5)36(17-28(38)43-8-2)24-13-11-10-12-20(21)24/h10-16,30H,7-9,17H2,1-6H3/b27-15+/t30-/m1/s1. The van der Waals surface area contributed by atoms with Gasteiger partial charge in [0.05, 0.1) is 48.8 Å². The molecular formula is C33H34BrN3O7S. The maximum absolute atomic E-state index is 14.3. The fourth-order valence-electron chi connectivity index (χ4n) is 5.58. The third kappa shape index (κ3) is 5.96. The summed E-state index contributed by atoms with van der Waals surface area (Å²) in [6, 6.07) is 10.4. The molecule has 2 aromatic heterocycles. The van der Waals surface area contributed by atoms with Crippen molar-refractivity contribution < 1.29 is 28.5 Å². The number of thiazole rings is 1. The second-order valence-electron chi connectivity index (χ2n) is 10.2. The average Bonchev–Trinajstić information content (AvgIpc) is 3.45. The number of aromatic nitrogens is 2. The molecule has 0 spiro atoms. The molecule has 3 heterocycles. The first-order chi connectivity index (χ1) is 21.6. The van der Waals surface area contributed by atoms with E-state index in [9.17, 15) is 14.4 Å². The number of fused-ring (bicyclic) bond motifs is 2. The van der Waals surface area contributed by atoms with Crippen molar-refractivity contribution in [1.82, 2.24) is 9.13 Å². The van der Waals surface area contributed by atoms with E-state index in [2.05, 4.69) is 15.9 Å². The van der Waals surface area contributed by atoms with Crippen LogP contribution in [-0.2, 0) is 25.6 Å². The van der Waals surface area contributed by atoms with Gasteiger partial charge < -0.3 is 23.5 Å². The number of hydrogen-bond donors (Lipinski definition) is 0. The minimum absolute atomic E-state index is 0.0466. The van der Waals surface area contributed by atoms with E-state index in [0.717, 1.165) is 22.2 Å². The van der Waals surface area contributed by atoms with Gasteiger partial charge in [-0.1, -0.05) is 45.5 Å². The molecule has 1 atom stereocenters. The predicted octanol–water partition coefficient (Wildman–Crippen LogP) is 4.79. The summed E-state index contributed by atoms with van der Waals surface area (Å²) in [5.41, 5.74) is 3.47. The van der Waals surface area contributed by atoms with E-state index in [4.69, 9.17) is 23.9 Å². The molecule has 10 nitrogen and oxygen atoms in total. The maximum Gasteiger partial charge on any atom is 0.338 e. The van der Waals surface area contributed by atoms with Crippen LogP contribution in [0.5, 0.6) is 11.5 Å². The number of ether oxygens (including phenoxy) is 4. The van der Waals surface area contributed by atoms with Gasteiger partial charge in [0.25, 0.3) is 5.56 Å². The minimum Gasteiger partial charge on any atom is -0.493 e. The highest BCUT2D eigenvalue weighted by atomic mass is 79.9. The topological polar surface area (TPSA) is 110 Å². The second-order valence-corrected chi connectivity index (χ2v) is 12.0. The largest absolute Gasteiger partial charge is 0.493 e. The Bertz CT molecular complexity index is 2020. The first-order valence-electron chi connectivity index (χ1n) is 14.6. The van der Waals surface area contributed by atoms with Gasteiger partial charge in [0, 0.05) is 26.6 Å². The van der Waals surface area contributed by atoms with Gasteiger partial charge in [0.15, 0.2) is 16.3 Å². The van der Waals surface area contributed by atoms with Gasteiger partial charge in [-0.15, -0.1) is 0 Å². The summed E-state index contributed by atoms with van der Waals surface area (Å²) >= 11 is 4.89. The van der Waals surface area contributed by atoms with E-state index in [1.54, 1.807) is 32.9 Å². The van der Waals surface area contributed by atoms with Crippen molar-refractivity contribution >= 4 is 56.2 Å². The fraction of sp³-hybridized carbons (Fsp3) is 0.333. The number of nitrogens with zero attached hydrogens (tertiary/aromatic N) is 3. The van der Waals surface area contributed by atoms with E-state index in [0.29, 0.717) is 43.2 Å². The lowest BCUT2D eigenvalue weighted by Crippen LogP contribution is -2.40. The Morgan fingerprint density at radius 3 is 2.47 bits per heavy atom. The van der Waals surface area contributed by atoms with Crippen LogP contribution in [0.25, 0.3) is 17.0 Å². The molecule has 0 bridgehead atoms. The summed E-state index contributed by atoms with van der Waals surface area (Å²) in [5.74, 6) is 0.0810. The molecule has 0 N–H and O–H groups in total. The molecule has 4 aromatic rings. The molecule has 5 rings (SSSR count). The second kappa shape index (κ2) is 13.5. The number of halogens is 1.